The Bertz CT molecular complexity index is 907. The van der Waals surface area contributed by atoms with Gasteiger partial charge in [-0.1, -0.05) is 41.6 Å². The van der Waals surface area contributed by atoms with Gasteiger partial charge >= 0.3 is 0 Å². The van der Waals surface area contributed by atoms with E-state index in [1.807, 2.05) is 42.5 Å². The summed E-state index contributed by atoms with van der Waals surface area (Å²) in [7, 11) is 1.77. The molecular formula is C21H23N5O2. The topological polar surface area (TPSA) is 75.4 Å². The number of carbonyl (C=O) groups is 1. The molecule has 144 valence electrons. The normalized spacial score (nSPS) is 15.5. The van der Waals surface area contributed by atoms with E-state index in [1.165, 1.54) is 0 Å². The molecule has 1 aliphatic rings. The lowest BCUT2D eigenvalue weighted by Gasteiger charge is -2.30. The zero-order valence-electron chi connectivity index (χ0n) is 15.9. The summed E-state index contributed by atoms with van der Waals surface area (Å²) in [5.41, 5.74) is 1.80. The van der Waals surface area contributed by atoms with Crippen LogP contribution in [-0.2, 0) is 11.3 Å². The first-order valence-electron chi connectivity index (χ1n) is 9.49. The summed E-state index contributed by atoms with van der Waals surface area (Å²) in [6.45, 7) is 2.10. The zero-order chi connectivity index (χ0) is 19.3. The number of pyridine rings is 1. The Kier molecular flexibility index (Phi) is 5.43. The molecular weight excluding hydrogens is 354 g/mol. The Hall–Kier alpha value is -3.06. The maximum absolute atomic E-state index is 13.3. The van der Waals surface area contributed by atoms with Gasteiger partial charge in [0, 0.05) is 25.0 Å². The molecule has 0 N–H and O–H groups in total. The van der Waals surface area contributed by atoms with Gasteiger partial charge in [0.15, 0.2) is 0 Å². The number of amides is 1. The van der Waals surface area contributed by atoms with Crippen molar-refractivity contribution in [3.8, 4) is 11.4 Å². The number of carbonyl (C=O) groups excluding carboxylic acids is 1. The summed E-state index contributed by atoms with van der Waals surface area (Å²) < 4.78 is 5.37. The van der Waals surface area contributed by atoms with E-state index < -0.39 is 0 Å². The van der Waals surface area contributed by atoms with Gasteiger partial charge in [-0.2, -0.15) is 4.98 Å². The number of hydrogen-bond donors (Lipinski definition) is 0. The molecule has 1 fully saturated rings. The highest BCUT2D eigenvalue weighted by Crippen LogP contribution is 2.27. The van der Waals surface area contributed by atoms with Gasteiger partial charge in [0.25, 0.3) is 0 Å². The lowest BCUT2D eigenvalue weighted by atomic mass is 10.1. The van der Waals surface area contributed by atoms with Crippen molar-refractivity contribution in [3.63, 3.8) is 0 Å². The highest BCUT2D eigenvalue weighted by atomic mass is 16.5. The smallest absolute Gasteiger partial charge is 0.246 e. The maximum atomic E-state index is 13.3. The first-order valence-corrected chi connectivity index (χ1v) is 9.49. The molecule has 7 nitrogen and oxygen atoms in total. The fourth-order valence-corrected chi connectivity index (χ4v) is 3.56. The summed E-state index contributed by atoms with van der Waals surface area (Å²) in [6.07, 6.45) is 5.72. The molecule has 0 radical (unpaired) electrons. The third-order valence-electron chi connectivity index (χ3n) is 4.99. The number of hydrogen-bond acceptors (Lipinski definition) is 6. The molecule has 28 heavy (non-hydrogen) atoms. The molecule has 1 aromatic carbocycles. The summed E-state index contributed by atoms with van der Waals surface area (Å²) in [5, 5.41) is 4.03. The molecule has 1 amide bonds. The largest absolute Gasteiger partial charge is 0.337 e. The fourth-order valence-electron chi connectivity index (χ4n) is 3.56. The van der Waals surface area contributed by atoms with Crippen LogP contribution in [0.1, 0.15) is 30.3 Å². The first kappa shape index (κ1) is 18.3. The van der Waals surface area contributed by atoms with Gasteiger partial charge in [-0.3, -0.25) is 14.7 Å². The van der Waals surface area contributed by atoms with Gasteiger partial charge in [0.05, 0.1) is 6.54 Å². The lowest BCUT2D eigenvalue weighted by molar-refractivity contribution is -0.136. The van der Waals surface area contributed by atoms with Crippen molar-refractivity contribution in [1.29, 1.82) is 0 Å². The Morgan fingerprint density at radius 2 is 1.96 bits per heavy atom. The number of nitrogens with zero attached hydrogens (tertiary/aromatic N) is 5. The van der Waals surface area contributed by atoms with E-state index in [2.05, 4.69) is 20.0 Å². The monoisotopic (exact) mass is 377 g/mol. The second-order valence-corrected chi connectivity index (χ2v) is 7.00. The van der Waals surface area contributed by atoms with Crippen molar-refractivity contribution in [2.75, 3.05) is 20.1 Å². The van der Waals surface area contributed by atoms with Gasteiger partial charge in [0.2, 0.25) is 17.6 Å². The Labute approximate surface area is 164 Å². The molecule has 0 saturated carbocycles. The molecule has 7 heteroatoms. The van der Waals surface area contributed by atoms with Gasteiger partial charge in [0.1, 0.15) is 6.04 Å². The van der Waals surface area contributed by atoms with Gasteiger partial charge in [-0.15, -0.1) is 0 Å². The Morgan fingerprint density at radius 3 is 2.68 bits per heavy atom. The minimum Gasteiger partial charge on any atom is -0.337 e. The van der Waals surface area contributed by atoms with E-state index >= 15 is 0 Å². The number of benzene rings is 1. The SMILES string of the molecule is CN(Cc1nc(-c2ccccc2)no1)C(=O)[C@@H](c1cccnc1)N1CCCC1. The third kappa shape index (κ3) is 3.94. The molecule has 4 rings (SSSR count). The van der Waals surface area contributed by atoms with E-state index in [9.17, 15) is 4.79 Å². The minimum absolute atomic E-state index is 0.00867. The Morgan fingerprint density at radius 1 is 1.18 bits per heavy atom. The van der Waals surface area contributed by atoms with E-state index in [4.69, 9.17) is 4.52 Å². The number of rotatable bonds is 6. The van der Waals surface area contributed by atoms with Crippen molar-refractivity contribution in [1.82, 2.24) is 24.9 Å². The van der Waals surface area contributed by atoms with Crippen LogP contribution in [0.25, 0.3) is 11.4 Å². The van der Waals surface area contributed by atoms with Crippen LogP contribution in [0, 0.1) is 0 Å². The van der Waals surface area contributed by atoms with Crippen molar-refractivity contribution >= 4 is 5.91 Å². The first-order chi connectivity index (χ1) is 13.7. The zero-order valence-corrected chi connectivity index (χ0v) is 15.9. The van der Waals surface area contributed by atoms with Crippen LogP contribution in [0.15, 0.2) is 59.4 Å². The average molecular weight is 377 g/mol. The summed E-state index contributed by atoms with van der Waals surface area (Å²) in [4.78, 5) is 25.8. The molecule has 1 aliphatic heterocycles. The van der Waals surface area contributed by atoms with Crippen LogP contribution >= 0.6 is 0 Å². The van der Waals surface area contributed by atoms with Gasteiger partial charge in [-0.05, 0) is 37.6 Å². The molecule has 0 bridgehead atoms. The van der Waals surface area contributed by atoms with E-state index in [-0.39, 0.29) is 18.5 Å². The van der Waals surface area contributed by atoms with E-state index in [0.29, 0.717) is 11.7 Å². The molecule has 0 unspecified atom stereocenters. The molecule has 0 spiro atoms. The van der Waals surface area contributed by atoms with Crippen LogP contribution in [-0.4, -0.2) is 51.0 Å². The molecule has 0 aliphatic carbocycles. The van der Waals surface area contributed by atoms with Gasteiger partial charge in [-0.25, -0.2) is 0 Å². The minimum atomic E-state index is -0.335. The molecule has 2 aromatic heterocycles. The maximum Gasteiger partial charge on any atom is 0.246 e. The van der Waals surface area contributed by atoms with Crippen molar-refractivity contribution in [3.05, 3.63) is 66.3 Å². The second-order valence-electron chi connectivity index (χ2n) is 7.00. The van der Waals surface area contributed by atoms with Crippen molar-refractivity contribution in [2.24, 2.45) is 0 Å². The lowest BCUT2D eigenvalue weighted by Crippen LogP contribution is -2.40. The molecule has 1 atom stereocenters. The standard InChI is InChI=1S/C21H23N5O2/c1-25(15-18-23-20(24-28-18)16-8-3-2-4-9-16)21(27)19(26-12-5-6-13-26)17-10-7-11-22-14-17/h2-4,7-11,14,19H,5-6,12-13,15H2,1H3/t19-/m1/s1. The fraction of sp³-hybridized carbons (Fsp3) is 0.333. The van der Waals surface area contributed by atoms with Crippen LogP contribution in [0.2, 0.25) is 0 Å². The quantitative estimate of drug-likeness (QED) is 0.657. The number of likely N-dealkylation sites (tertiary alicyclic amines) is 1. The van der Waals surface area contributed by atoms with Crippen molar-refractivity contribution < 1.29 is 9.32 Å². The van der Waals surface area contributed by atoms with Crippen LogP contribution in [0.4, 0.5) is 0 Å². The average Bonchev–Trinajstić information content (AvgIpc) is 3.42. The third-order valence-corrected chi connectivity index (χ3v) is 4.99. The summed E-state index contributed by atoms with van der Waals surface area (Å²) >= 11 is 0. The molecule has 1 saturated heterocycles. The number of likely N-dealkylation sites (N-methyl/N-ethyl adjacent to an activating group) is 1. The summed E-state index contributed by atoms with van der Waals surface area (Å²) in [6, 6.07) is 13.1. The van der Waals surface area contributed by atoms with E-state index in [1.54, 1.807) is 24.3 Å². The van der Waals surface area contributed by atoms with Crippen LogP contribution in [0.5, 0.6) is 0 Å². The van der Waals surface area contributed by atoms with Crippen LogP contribution in [0.3, 0.4) is 0 Å². The molecule has 3 heterocycles. The highest BCUT2D eigenvalue weighted by Gasteiger charge is 2.32. The van der Waals surface area contributed by atoms with Crippen LogP contribution < -0.4 is 0 Å². The highest BCUT2D eigenvalue weighted by molar-refractivity contribution is 5.83. The van der Waals surface area contributed by atoms with Gasteiger partial charge < -0.3 is 9.42 Å². The predicted octanol–water partition coefficient (Wildman–Crippen LogP) is 2.93. The second kappa shape index (κ2) is 8.31. The molecule has 3 aromatic rings. The van der Waals surface area contributed by atoms with E-state index in [0.717, 1.165) is 37.1 Å². The number of aromatic nitrogens is 3. The Balaban J connectivity index is 1.50. The predicted molar refractivity (Wildman–Crippen MR) is 104 cm³/mol. The van der Waals surface area contributed by atoms with Crippen molar-refractivity contribution in [2.45, 2.75) is 25.4 Å². The summed E-state index contributed by atoms with van der Waals surface area (Å²) in [5.74, 6) is 0.954.